The molecule has 1 aliphatic heterocycles. The molecule has 0 unspecified atom stereocenters. The van der Waals surface area contributed by atoms with Crippen molar-refractivity contribution in [2.45, 2.75) is 37.1 Å². The van der Waals surface area contributed by atoms with Crippen molar-refractivity contribution in [1.82, 2.24) is 19.5 Å². The largest absolute Gasteiger partial charge is 0.383 e. The number of anilines is 2. The number of hydrogen-bond donors (Lipinski definition) is 2. The van der Waals surface area contributed by atoms with E-state index in [1.54, 1.807) is 11.1 Å². The van der Waals surface area contributed by atoms with Crippen LogP contribution >= 0.6 is 0 Å². The zero-order valence-electron chi connectivity index (χ0n) is 21.9. The van der Waals surface area contributed by atoms with Crippen molar-refractivity contribution in [2.24, 2.45) is 5.73 Å². The molecule has 4 N–H and O–H groups in total. The van der Waals surface area contributed by atoms with E-state index in [0.29, 0.717) is 34.9 Å². The second-order valence-electron chi connectivity index (χ2n) is 10.9. The monoisotopic (exact) mass is 537 g/mol. The Morgan fingerprint density at radius 1 is 0.850 bits per heavy atom. The number of nitrogen functional groups attached to an aromatic ring is 1. The zero-order valence-corrected chi connectivity index (χ0v) is 21.9. The number of nitrogens with zero attached hydrogens (tertiary/aromatic N) is 5. The highest BCUT2D eigenvalue weighted by molar-refractivity contribution is 5.84. The van der Waals surface area contributed by atoms with Crippen LogP contribution in [0, 0.1) is 0 Å². The molecule has 7 rings (SSSR count). The number of aromatic nitrogens is 4. The lowest BCUT2D eigenvalue weighted by molar-refractivity contribution is 0.0257. The molecule has 2 fully saturated rings. The van der Waals surface area contributed by atoms with Crippen LogP contribution in [0.5, 0.6) is 0 Å². The number of alkyl halides is 2. The third-order valence-electron chi connectivity index (χ3n) is 8.21. The third kappa shape index (κ3) is 4.17. The first-order chi connectivity index (χ1) is 19.3. The van der Waals surface area contributed by atoms with Crippen molar-refractivity contribution in [2.75, 3.05) is 23.7 Å². The van der Waals surface area contributed by atoms with Gasteiger partial charge in [-0.1, -0.05) is 24.3 Å². The van der Waals surface area contributed by atoms with Gasteiger partial charge in [-0.3, -0.25) is 4.57 Å². The smallest absolute Gasteiger partial charge is 0.266 e. The highest BCUT2D eigenvalue weighted by Gasteiger charge is 2.38. The number of fused-ring (bicyclic) bond motifs is 1. The number of rotatable bonds is 5. The highest BCUT2D eigenvalue weighted by Crippen LogP contribution is 2.39. The summed E-state index contributed by atoms with van der Waals surface area (Å²) in [5.74, 6) is -1.65. The van der Waals surface area contributed by atoms with Gasteiger partial charge in [0.2, 0.25) is 0 Å². The molecule has 9 heteroatoms. The van der Waals surface area contributed by atoms with Crippen LogP contribution < -0.4 is 16.4 Å². The van der Waals surface area contributed by atoms with E-state index in [1.165, 1.54) is 0 Å². The van der Waals surface area contributed by atoms with E-state index < -0.39 is 5.92 Å². The van der Waals surface area contributed by atoms with Crippen molar-refractivity contribution in [3.8, 4) is 28.3 Å². The summed E-state index contributed by atoms with van der Waals surface area (Å²) in [6.45, 7) is 0.0529. The summed E-state index contributed by atoms with van der Waals surface area (Å²) in [6.07, 6.45) is 4.63. The Morgan fingerprint density at radius 3 is 2.38 bits per heavy atom. The maximum absolute atomic E-state index is 13.9. The Labute approximate surface area is 230 Å². The number of benzene rings is 2. The van der Waals surface area contributed by atoms with Gasteiger partial charge in [-0.05, 0) is 73.4 Å². The summed E-state index contributed by atoms with van der Waals surface area (Å²) in [6, 6.07) is 23.4. The van der Waals surface area contributed by atoms with Crippen LogP contribution in [-0.2, 0) is 5.54 Å². The molecule has 0 amide bonds. The Bertz CT molecular complexity index is 1720. The van der Waals surface area contributed by atoms with E-state index in [9.17, 15) is 8.78 Å². The quantitative estimate of drug-likeness (QED) is 0.289. The SMILES string of the molecule is Nc1ncccc1-c1nc2ccc(-c3cccc(N4CCC(F)(F)C4)c3)nc2n1-c1ccc(C2(N)CCC2)cc1. The van der Waals surface area contributed by atoms with Gasteiger partial charge >= 0.3 is 0 Å². The van der Waals surface area contributed by atoms with E-state index in [1.807, 2.05) is 65.2 Å². The summed E-state index contributed by atoms with van der Waals surface area (Å²) in [4.78, 5) is 16.0. The number of pyridine rings is 2. The van der Waals surface area contributed by atoms with E-state index >= 15 is 0 Å². The number of nitrogens with two attached hydrogens (primary N) is 2. The van der Waals surface area contributed by atoms with Crippen molar-refractivity contribution >= 4 is 22.7 Å². The minimum Gasteiger partial charge on any atom is -0.383 e. The van der Waals surface area contributed by atoms with Crippen LogP contribution in [0.1, 0.15) is 31.2 Å². The van der Waals surface area contributed by atoms with E-state index in [-0.39, 0.29) is 18.5 Å². The first-order valence-corrected chi connectivity index (χ1v) is 13.5. The number of halogens is 2. The Balaban J connectivity index is 1.35. The number of imidazole rings is 1. The van der Waals surface area contributed by atoms with Crippen LogP contribution in [0.3, 0.4) is 0 Å². The van der Waals surface area contributed by atoms with Crippen LogP contribution in [0.4, 0.5) is 20.3 Å². The molecule has 2 aromatic carbocycles. The van der Waals surface area contributed by atoms with Gasteiger partial charge in [-0.25, -0.2) is 23.7 Å². The molecule has 3 aromatic heterocycles. The zero-order chi connectivity index (χ0) is 27.5. The molecule has 0 bridgehead atoms. The fourth-order valence-electron chi connectivity index (χ4n) is 5.76. The molecule has 0 spiro atoms. The maximum atomic E-state index is 13.9. The molecule has 5 aromatic rings. The van der Waals surface area contributed by atoms with Gasteiger partial charge < -0.3 is 16.4 Å². The van der Waals surface area contributed by atoms with E-state index in [2.05, 4.69) is 17.1 Å². The average molecular weight is 538 g/mol. The van der Waals surface area contributed by atoms with Gasteiger partial charge in [0.15, 0.2) is 11.5 Å². The van der Waals surface area contributed by atoms with E-state index in [4.69, 9.17) is 21.4 Å². The molecule has 202 valence electrons. The molecular formula is C31H29F2N7. The van der Waals surface area contributed by atoms with Crippen molar-refractivity contribution in [3.63, 3.8) is 0 Å². The molecule has 40 heavy (non-hydrogen) atoms. The summed E-state index contributed by atoms with van der Waals surface area (Å²) < 4.78 is 29.8. The van der Waals surface area contributed by atoms with Crippen molar-refractivity contribution < 1.29 is 8.78 Å². The Kier molecular flexibility index (Phi) is 5.60. The second kappa shape index (κ2) is 9.09. The molecule has 0 radical (unpaired) electrons. The van der Waals surface area contributed by atoms with Crippen molar-refractivity contribution in [3.05, 3.63) is 84.6 Å². The fourth-order valence-corrected chi connectivity index (χ4v) is 5.76. The molecule has 0 atom stereocenters. The van der Waals surface area contributed by atoms with Gasteiger partial charge in [-0.15, -0.1) is 0 Å². The summed E-state index contributed by atoms with van der Waals surface area (Å²) in [7, 11) is 0. The van der Waals surface area contributed by atoms with Crippen LogP contribution in [0.25, 0.3) is 39.5 Å². The van der Waals surface area contributed by atoms with Gasteiger partial charge in [0.25, 0.3) is 5.92 Å². The molecular weight excluding hydrogens is 508 g/mol. The predicted octanol–water partition coefficient (Wildman–Crippen LogP) is 5.92. The normalized spacial score (nSPS) is 17.7. The lowest BCUT2D eigenvalue weighted by Crippen LogP contribution is -2.43. The van der Waals surface area contributed by atoms with Gasteiger partial charge in [-0.2, -0.15) is 0 Å². The minimum absolute atomic E-state index is 0.134. The van der Waals surface area contributed by atoms with Crippen LogP contribution in [0.15, 0.2) is 79.0 Å². The predicted molar refractivity (Wildman–Crippen MR) is 153 cm³/mol. The van der Waals surface area contributed by atoms with Gasteiger partial charge in [0.05, 0.1) is 17.8 Å². The van der Waals surface area contributed by atoms with Crippen molar-refractivity contribution in [1.29, 1.82) is 0 Å². The minimum atomic E-state index is -2.66. The van der Waals surface area contributed by atoms with Gasteiger partial charge in [0, 0.05) is 41.6 Å². The topological polar surface area (TPSA) is 98.9 Å². The standard InChI is InChI=1S/C31H29F2N7/c32-31(33)15-17-39(19-31)23-5-1-4-20(18-23)25-11-12-26-29(37-25)40(28(38-26)24-6-2-16-36-27(24)34)22-9-7-21(8-10-22)30(35)13-3-14-30/h1-2,4-12,16,18H,3,13-15,17,19,35H2,(H2,34,36). The van der Waals surface area contributed by atoms with Gasteiger partial charge in [0.1, 0.15) is 11.3 Å². The summed E-state index contributed by atoms with van der Waals surface area (Å²) >= 11 is 0. The molecule has 7 nitrogen and oxygen atoms in total. The van der Waals surface area contributed by atoms with Crippen LogP contribution in [-0.4, -0.2) is 38.5 Å². The molecule has 1 saturated carbocycles. The lowest BCUT2D eigenvalue weighted by Gasteiger charge is -2.38. The van der Waals surface area contributed by atoms with E-state index in [0.717, 1.165) is 47.5 Å². The molecule has 4 heterocycles. The maximum Gasteiger partial charge on any atom is 0.266 e. The fraction of sp³-hybridized carbons (Fsp3) is 0.258. The second-order valence-corrected chi connectivity index (χ2v) is 10.9. The molecule has 1 saturated heterocycles. The first kappa shape index (κ1) is 24.7. The van der Waals surface area contributed by atoms with Crippen LogP contribution in [0.2, 0.25) is 0 Å². The first-order valence-electron chi connectivity index (χ1n) is 13.5. The molecule has 1 aliphatic carbocycles. The average Bonchev–Trinajstić information content (AvgIpc) is 3.51. The summed E-state index contributed by atoms with van der Waals surface area (Å²) in [5.41, 5.74) is 19.0. The molecule has 2 aliphatic rings. The summed E-state index contributed by atoms with van der Waals surface area (Å²) in [5, 5.41) is 0. The Hall–Kier alpha value is -4.37. The Morgan fingerprint density at radius 2 is 1.68 bits per heavy atom. The highest BCUT2D eigenvalue weighted by atomic mass is 19.3. The lowest BCUT2D eigenvalue weighted by atomic mass is 9.73. The third-order valence-corrected chi connectivity index (χ3v) is 8.21. The number of hydrogen-bond acceptors (Lipinski definition) is 6.